The van der Waals surface area contributed by atoms with Crippen LogP contribution in [-0.4, -0.2) is 25.7 Å². The molecule has 0 fully saturated rings. The van der Waals surface area contributed by atoms with Crippen LogP contribution in [0.15, 0.2) is 0 Å². The van der Waals surface area contributed by atoms with E-state index >= 15 is 0 Å². The van der Waals surface area contributed by atoms with Crippen LogP contribution in [-0.2, 0) is 55.1 Å². The zero-order valence-corrected chi connectivity index (χ0v) is 16.3. The minimum absolute atomic E-state index is 0. The summed E-state index contributed by atoms with van der Waals surface area (Å²) in [6.07, 6.45) is 2.50. The van der Waals surface area contributed by atoms with Gasteiger partial charge in [0, 0.05) is 0 Å². The van der Waals surface area contributed by atoms with Gasteiger partial charge in [-0.05, 0) is 32.1 Å². The van der Waals surface area contributed by atoms with Crippen molar-refractivity contribution in [1.82, 2.24) is 0 Å². The molecule has 23 heavy (non-hydrogen) atoms. The van der Waals surface area contributed by atoms with Crippen LogP contribution in [0, 0.1) is 11.3 Å². The van der Waals surface area contributed by atoms with E-state index in [-0.39, 0.29) is 50.3 Å². The van der Waals surface area contributed by atoms with Gasteiger partial charge >= 0.3 is 56.3 Å². The van der Waals surface area contributed by atoms with Crippen LogP contribution in [0.25, 0.3) is 0 Å². The van der Waals surface area contributed by atoms with Gasteiger partial charge in [0.1, 0.15) is 0 Å². The zero-order valence-electron chi connectivity index (χ0n) is 13.2. The molecule has 3 radical (unpaired) electrons. The van der Waals surface area contributed by atoms with Gasteiger partial charge in [0.2, 0.25) is 0 Å². The molecular formula is C10H20B2Co3O8. The molecule has 0 bridgehead atoms. The second kappa shape index (κ2) is 22.9. The van der Waals surface area contributed by atoms with Crippen molar-refractivity contribution in [3.8, 4) is 0 Å². The number of carboxylic acid groups (broad SMARTS) is 1. The second-order valence-electron chi connectivity index (χ2n) is 4.73. The molecular weight excluding hydrogens is 447 g/mol. The van der Waals surface area contributed by atoms with Gasteiger partial charge in [0.05, 0.1) is 5.41 Å². The van der Waals surface area contributed by atoms with Crippen molar-refractivity contribution >= 4 is 20.6 Å². The maximum atomic E-state index is 10.9. The van der Waals surface area contributed by atoms with E-state index in [4.69, 9.17) is 35.3 Å². The number of rotatable bonds is 5. The summed E-state index contributed by atoms with van der Waals surface area (Å²) in [5.41, 5.74) is -0.510. The first-order valence-electron chi connectivity index (χ1n) is 6.07. The van der Waals surface area contributed by atoms with E-state index in [0.29, 0.717) is 5.92 Å². The van der Waals surface area contributed by atoms with Gasteiger partial charge in [-0.2, -0.15) is 0 Å². The average Bonchev–Trinajstić information content (AvgIpc) is 2.24. The number of hydrogen-bond acceptors (Lipinski definition) is 7. The van der Waals surface area contributed by atoms with Crippen LogP contribution in [0.3, 0.4) is 0 Å². The summed E-state index contributed by atoms with van der Waals surface area (Å²) in [4.78, 5) is 10.9. The monoisotopic (exact) mass is 467 g/mol. The molecule has 0 spiro atoms. The van der Waals surface area contributed by atoms with Crippen LogP contribution < -0.4 is 30.1 Å². The maximum Gasteiger partial charge on any atom is 2.00 e. The van der Waals surface area contributed by atoms with Crippen molar-refractivity contribution in [2.75, 3.05) is 0 Å². The Labute approximate surface area is 169 Å². The molecule has 0 aromatic rings. The third-order valence-corrected chi connectivity index (χ3v) is 2.57. The summed E-state index contributed by atoms with van der Waals surface area (Å²) in [6, 6.07) is 0. The van der Waals surface area contributed by atoms with Gasteiger partial charge in [-0.1, -0.05) is 20.8 Å². The number of carboxylic acids is 1. The Morgan fingerprint density at radius 1 is 1.00 bits per heavy atom. The first-order valence-corrected chi connectivity index (χ1v) is 6.07. The summed E-state index contributed by atoms with van der Waals surface area (Å²) in [7, 11) is -5.83. The van der Waals surface area contributed by atoms with Crippen molar-refractivity contribution in [3.05, 3.63) is 0 Å². The molecule has 0 saturated carbocycles. The molecule has 1 N–H and O–H groups in total. The SMILES string of the molecule is CCC(C)(CCC(C)C)C(=O)O.[Co+2].[Co+2].[Co+2].[O-]B([O-])[O-].[O-]B([O-])[O-]. The maximum absolute atomic E-state index is 10.9. The van der Waals surface area contributed by atoms with E-state index in [9.17, 15) is 4.79 Å². The van der Waals surface area contributed by atoms with Gasteiger partial charge in [0.25, 0.3) is 0 Å². The number of carbonyl (C=O) groups is 1. The van der Waals surface area contributed by atoms with E-state index in [1.54, 1.807) is 0 Å². The Balaban J connectivity index is -0.0000000559. The van der Waals surface area contributed by atoms with Crippen molar-refractivity contribution in [1.29, 1.82) is 0 Å². The Kier molecular flexibility index (Phi) is 38.9. The molecule has 0 aliphatic heterocycles. The number of hydrogen-bond donors (Lipinski definition) is 1. The smallest absolute Gasteiger partial charge is 0.907 e. The molecule has 0 rings (SSSR count). The van der Waals surface area contributed by atoms with Crippen LogP contribution in [0.2, 0.25) is 0 Å². The molecule has 8 nitrogen and oxygen atoms in total. The standard InChI is InChI=1S/C10H20O2.2BO3.3Co/c1-5-10(4,9(11)12)7-6-8(2)3;2*2-1(3)4;;;/h8H,5-7H2,1-4H3,(H,11,12);;;;;/q;2*-3;3*+2. The van der Waals surface area contributed by atoms with E-state index in [1.165, 1.54) is 0 Å². The zero-order chi connectivity index (χ0) is 16.9. The van der Waals surface area contributed by atoms with Crippen molar-refractivity contribution in [2.45, 2.75) is 47.0 Å². The fourth-order valence-corrected chi connectivity index (χ4v) is 1.04. The first kappa shape index (κ1) is 39.1. The summed E-state index contributed by atoms with van der Waals surface area (Å²) in [5, 5.41) is 59.4. The van der Waals surface area contributed by atoms with E-state index in [0.717, 1.165) is 19.3 Å². The molecule has 0 saturated heterocycles. The second-order valence-corrected chi connectivity index (χ2v) is 4.73. The molecule has 0 aliphatic rings. The van der Waals surface area contributed by atoms with Crippen molar-refractivity contribution in [3.63, 3.8) is 0 Å². The largest absolute Gasteiger partial charge is 2.00 e. The van der Waals surface area contributed by atoms with Gasteiger partial charge in [-0.3, -0.25) is 19.4 Å². The molecule has 0 aromatic heterocycles. The summed E-state index contributed by atoms with van der Waals surface area (Å²) in [6.45, 7) is 8.02. The topological polar surface area (TPSA) is 176 Å². The van der Waals surface area contributed by atoms with Crippen LogP contribution in [0.4, 0.5) is 0 Å². The third-order valence-electron chi connectivity index (χ3n) is 2.57. The Morgan fingerprint density at radius 3 is 1.39 bits per heavy atom. The van der Waals surface area contributed by atoms with Gasteiger partial charge in [0.15, 0.2) is 0 Å². The predicted molar refractivity (Wildman–Crippen MR) is 61.6 cm³/mol. The molecule has 0 aromatic carbocycles. The molecule has 13 heteroatoms. The molecule has 1 atom stereocenters. The molecule has 0 heterocycles. The normalized spacial score (nSPS) is 10.7. The molecule has 0 aliphatic carbocycles. The van der Waals surface area contributed by atoms with E-state index < -0.39 is 26.0 Å². The van der Waals surface area contributed by atoms with Gasteiger partial charge < -0.3 is 35.3 Å². The first-order chi connectivity index (χ1) is 8.88. The van der Waals surface area contributed by atoms with Crippen molar-refractivity contribution in [2.24, 2.45) is 11.3 Å². The van der Waals surface area contributed by atoms with E-state index in [1.807, 2.05) is 13.8 Å². The summed E-state index contributed by atoms with van der Waals surface area (Å²) >= 11 is 0. The summed E-state index contributed by atoms with van der Waals surface area (Å²) < 4.78 is 0. The minimum atomic E-state index is -2.92. The Morgan fingerprint density at radius 2 is 1.26 bits per heavy atom. The third kappa shape index (κ3) is 39.6. The van der Waals surface area contributed by atoms with Gasteiger partial charge in [-0.25, -0.2) is 0 Å². The van der Waals surface area contributed by atoms with E-state index in [2.05, 4.69) is 13.8 Å². The minimum Gasteiger partial charge on any atom is -0.907 e. The quantitative estimate of drug-likeness (QED) is 0.392. The van der Waals surface area contributed by atoms with Crippen molar-refractivity contribution < 1.29 is 90.4 Å². The van der Waals surface area contributed by atoms with Crippen LogP contribution in [0.5, 0.6) is 0 Å². The molecule has 1 unspecified atom stereocenters. The fourth-order valence-electron chi connectivity index (χ4n) is 1.04. The van der Waals surface area contributed by atoms with Gasteiger partial charge in [-0.15, -0.1) is 0 Å². The van der Waals surface area contributed by atoms with Crippen LogP contribution >= 0.6 is 0 Å². The summed E-state index contributed by atoms with van der Waals surface area (Å²) in [5.74, 6) is -0.0686. The molecule has 141 valence electrons. The Hall–Kier alpha value is 0.879. The Bertz CT molecular complexity index is 239. The predicted octanol–water partition coefficient (Wildman–Crippen LogP) is -4.98. The molecule has 0 amide bonds. The number of aliphatic carboxylic acids is 1. The average molecular weight is 467 g/mol. The van der Waals surface area contributed by atoms with Crippen LogP contribution in [0.1, 0.15) is 47.0 Å². The fraction of sp³-hybridized carbons (Fsp3) is 0.900.